The van der Waals surface area contributed by atoms with Gasteiger partial charge in [0.25, 0.3) is 0 Å². The van der Waals surface area contributed by atoms with Crippen molar-refractivity contribution < 1.29 is 4.74 Å². The minimum atomic E-state index is 0.784. The van der Waals surface area contributed by atoms with Crippen LogP contribution in [0.3, 0.4) is 0 Å². The standard InChI is InChI=1S/C11H16N2O/c1-2-7-14-9-3-4-10-11(8-9)13-6-5-12-10/h3-4,8,12-13H,2,5-7H2,1H3. The van der Waals surface area contributed by atoms with Crippen LogP contribution in [0.1, 0.15) is 13.3 Å². The number of ether oxygens (including phenoxy) is 1. The summed E-state index contributed by atoms with van der Waals surface area (Å²) < 4.78 is 5.55. The molecule has 0 radical (unpaired) electrons. The Labute approximate surface area is 84.5 Å². The van der Waals surface area contributed by atoms with Crippen LogP contribution >= 0.6 is 0 Å². The molecule has 1 aromatic carbocycles. The van der Waals surface area contributed by atoms with Gasteiger partial charge in [0, 0.05) is 19.2 Å². The maximum Gasteiger partial charge on any atom is 0.121 e. The van der Waals surface area contributed by atoms with E-state index in [0.29, 0.717) is 0 Å². The fourth-order valence-electron chi connectivity index (χ4n) is 1.53. The van der Waals surface area contributed by atoms with Gasteiger partial charge in [-0.1, -0.05) is 6.92 Å². The highest BCUT2D eigenvalue weighted by Gasteiger charge is 2.07. The number of fused-ring (bicyclic) bond motifs is 1. The summed E-state index contributed by atoms with van der Waals surface area (Å²) in [5, 5.41) is 6.66. The first-order valence-corrected chi connectivity index (χ1v) is 5.15. The number of rotatable bonds is 3. The monoisotopic (exact) mass is 192 g/mol. The van der Waals surface area contributed by atoms with Crippen LogP contribution < -0.4 is 15.4 Å². The Balaban J connectivity index is 2.12. The first-order valence-electron chi connectivity index (χ1n) is 5.15. The molecule has 0 atom stereocenters. The average Bonchev–Trinajstić information content (AvgIpc) is 2.26. The fourth-order valence-corrected chi connectivity index (χ4v) is 1.53. The normalized spacial score (nSPS) is 13.8. The first-order chi connectivity index (χ1) is 6.90. The summed E-state index contributed by atoms with van der Waals surface area (Å²) >= 11 is 0. The summed E-state index contributed by atoms with van der Waals surface area (Å²) in [7, 11) is 0. The third-order valence-electron chi connectivity index (χ3n) is 2.22. The Hall–Kier alpha value is -1.38. The SMILES string of the molecule is CCCOc1ccc2c(c1)NCCN2. The highest BCUT2D eigenvalue weighted by Crippen LogP contribution is 2.28. The van der Waals surface area contributed by atoms with Crippen LogP contribution in [0.15, 0.2) is 18.2 Å². The Morgan fingerprint density at radius 1 is 1.21 bits per heavy atom. The Bertz CT molecular complexity index is 312. The van der Waals surface area contributed by atoms with Crippen LogP contribution in [0.25, 0.3) is 0 Å². The lowest BCUT2D eigenvalue weighted by Gasteiger charge is -2.20. The van der Waals surface area contributed by atoms with Crippen molar-refractivity contribution in [2.45, 2.75) is 13.3 Å². The summed E-state index contributed by atoms with van der Waals surface area (Å²) in [6.45, 7) is 4.86. The molecule has 3 heteroatoms. The molecule has 76 valence electrons. The van der Waals surface area contributed by atoms with Crippen LogP contribution in [0.5, 0.6) is 5.75 Å². The summed E-state index contributed by atoms with van der Waals surface area (Å²) in [5.74, 6) is 0.946. The van der Waals surface area contributed by atoms with E-state index < -0.39 is 0 Å². The number of nitrogens with one attached hydrogen (secondary N) is 2. The number of hydrogen-bond acceptors (Lipinski definition) is 3. The van der Waals surface area contributed by atoms with Crippen LogP contribution in [-0.4, -0.2) is 19.7 Å². The molecule has 0 aromatic heterocycles. The van der Waals surface area contributed by atoms with Gasteiger partial charge in [0.1, 0.15) is 5.75 Å². The van der Waals surface area contributed by atoms with Gasteiger partial charge in [-0.2, -0.15) is 0 Å². The molecule has 1 aliphatic heterocycles. The highest BCUT2D eigenvalue weighted by molar-refractivity contribution is 5.72. The predicted molar refractivity (Wildman–Crippen MR) is 59.2 cm³/mol. The Kier molecular flexibility index (Phi) is 2.77. The molecule has 1 aliphatic rings. The first kappa shape index (κ1) is 9.19. The minimum Gasteiger partial charge on any atom is -0.494 e. The zero-order chi connectivity index (χ0) is 9.80. The van der Waals surface area contributed by atoms with Gasteiger partial charge in [0.05, 0.1) is 18.0 Å². The predicted octanol–water partition coefficient (Wildman–Crippen LogP) is 2.31. The number of hydrogen-bond donors (Lipinski definition) is 2. The van der Waals surface area contributed by atoms with Gasteiger partial charge in [-0.25, -0.2) is 0 Å². The number of anilines is 2. The maximum absolute atomic E-state index is 5.55. The van der Waals surface area contributed by atoms with Crippen LogP contribution in [0.4, 0.5) is 11.4 Å². The van der Waals surface area contributed by atoms with E-state index in [1.165, 1.54) is 5.69 Å². The van der Waals surface area contributed by atoms with Crippen molar-refractivity contribution in [3.63, 3.8) is 0 Å². The van der Waals surface area contributed by atoms with Crippen LogP contribution in [0, 0.1) is 0 Å². The summed E-state index contributed by atoms with van der Waals surface area (Å²) in [5.41, 5.74) is 2.31. The topological polar surface area (TPSA) is 33.3 Å². The average molecular weight is 192 g/mol. The van der Waals surface area contributed by atoms with Gasteiger partial charge in [-0.3, -0.25) is 0 Å². The molecule has 2 N–H and O–H groups in total. The van der Waals surface area contributed by atoms with Crippen molar-refractivity contribution in [3.05, 3.63) is 18.2 Å². The molecule has 1 heterocycles. The molecule has 0 saturated heterocycles. The fraction of sp³-hybridized carbons (Fsp3) is 0.455. The zero-order valence-corrected chi connectivity index (χ0v) is 8.47. The summed E-state index contributed by atoms with van der Waals surface area (Å²) in [6, 6.07) is 6.12. The van der Waals surface area contributed by atoms with Gasteiger partial charge < -0.3 is 15.4 Å². The largest absolute Gasteiger partial charge is 0.494 e. The molecule has 2 rings (SSSR count). The molecule has 14 heavy (non-hydrogen) atoms. The Morgan fingerprint density at radius 3 is 2.79 bits per heavy atom. The molecule has 0 spiro atoms. The quantitative estimate of drug-likeness (QED) is 0.771. The molecule has 0 aliphatic carbocycles. The second kappa shape index (κ2) is 4.22. The smallest absolute Gasteiger partial charge is 0.121 e. The van der Waals surface area contributed by atoms with Crippen LogP contribution in [-0.2, 0) is 0 Å². The van der Waals surface area contributed by atoms with Gasteiger partial charge in [0.15, 0.2) is 0 Å². The molecular formula is C11H16N2O. The van der Waals surface area contributed by atoms with Crippen molar-refractivity contribution in [2.75, 3.05) is 30.3 Å². The highest BCUT2D eigenvalue weighted by atomic mass is 16.5. The van der Waals surface area contributed by atoms with E-state index in [0.717, 1.165) is 37.6 Å². The van der Waals surface area contributed by atoms with E-state index >= 15 is 0 Å². The van der Waals surface area contributed by atoms with Gasteiger partial charge in [0.2, 0.25) is 0 Å². The lowest BCUT2D eigenvalue weighted by molar-refractivity contribution is 0.317. The third kappa shape index (κ3) is 1.92. The molecule has 0 fully saturated rings. The minimum absolute atomic E-state index is 0.784. The second-order valence-electron chi connectivity index (χ2n) is 3.41. The summed E-state index contributed by atoms with van der Waals surface area (Å²) in [6.07, 6.45) is 1.04. The lowest BCUT2D eigenvalue weighted by Crippen LogP contribution is -2.20. The van der Waals surface area contributed by atoms with Crippen LogP contribution in [0.2, 0.25) is 0 Å². The molecule has 3 nitrogen and oxygen atoms in total. The van der Waals surface area contributed by atoms with Gasteiger partial charge in [-0.15, -0.1) is 0 Å². The van der Waals surface area contributed by atoms with E-state index in [9.17, 15) is 0 Å². The molecular weight excluding hydrogens is 176 g/mol. The summed E-state index contributed by atoms with van der Waals surface area (Å²) in [4.78, 5) is 0. The van der Waals surface area contributed by atoms with Crippen molar-refractivity contribution in [2.24, 2.45) is 0 Å². The number of benzene rings is 1. The molecule has 0 saturated carbocycles. The second-order valence-corrected chi connectivity index (χ2v) is 3.41. The lowest BCUT2D eigenvalue weighted by atomic mass is 10.2. The van der Waals surface area contributed by atoms with Gasteiger partial charge in [-0.05, 0) is 18.6 Å². The van der Waals surface area contributed by atoms with E-state index in [4.69, 9.17) is 4.74 Å². The zero-order valence-electron chi connectivity index (χ0n) is 8.47. The van der Waals surface area contributed by atoms with E-state index in [2.05, 4.69) is 29.7 Å². The molecule has 0 amide bonds. The third-order valence-corrected chi connectivity index (χ3v) is 2.22. The van der Waals surface area contributed by atoms with E-state index in [1.54, 1.807) is 0 Å². The van der Waals surface area contributed by atoms with Crippen molar-refractivity contribution in [1.29, 1.82) is 0 Å². The van der Waals surface area contributed by atoms with Crippen molar-refractivity contribution >= 4 is 11.4 Å². The maximum atomic E-state index is 5.55. The van der Waals surface area contributed by atoms with E-state index in [1.807, 2.05) is 6.07 Å². The van der Waals surface area contributed by atoms with Crippen molar-refractivity contribution in [1.82, 2.24) is 0 Å². The van der Waals surface area contributed by atoms with E-state index in [-0.39, 0.29) is 0 Å². The molecule has 0 bridgehead atoms. The van der Waals surface area contributed by atoms with Gasteiger partial charge >= 0.3 is 0 Å². The molecule has 1 aromatic rings. The molecule has 0 unspecified atom stereocenters. The Morgan fingerprint density at radius 2 is 2.00 bits per heavy atom. The van der Waals surface area contributed by atoms with Crippen molar-refractivity contribution in [3.8, 4) is 5.75 Å².